The molecule has 0 amide bonds. The number of hydrogen-bond acceptors (Lipinski definition) is 5. The highest BCUT2D eigenvalue weighted by Gasteiger charge is 2.59. The van der Waals surface area contributed by atoms with Crippen LogP contribution in [0.2, 0.25) is 0 Å². The summed E-state index contributed by atoms with van der Waals surface area (Å²) in [5.41, 5.74) is 4.83. The van der Waals surface area contributed by atoms with Crippen LogP contribution in [0.5, 0.6) is 0 Å². The maximum atomic E-state index is 14.3. The molecule has 1 saturated carbocycles. The average molecular weight is 529 g/mol. The van der Waals surface area contributed by atoms with Crippen LogP contribution in [0, 0.1) is 11.2 Å². The summed E-state index contributed by atoms with van der Waals surface area (Å²) in [6, 6.07) is 15.0. The van der Waals surface area contributed by atoms with E-state index in [1.165, 1.54) is 24.3 Å². The molecule has 37 heavy (non-hydrogen) atoms. The number of esters is 1. The van der Waals surface area contributed by atoms with Gasteiger partial charge < -0.3 is 10.5 Å². The molecule has 200 valence electrons. The highest BCUT2D eigenvalue weighted by atomic mass is 32.2. The van der Waals surface area contributed by atoms with Gasteiger partial charge in [-0.2, -0.15) is 0 Å². The molecule has 6 nitrogen and oxygen atoms in total. The standard InChI is InChI=1S/C29H37FN2O4S/c1-27(2,3)36-26(33)28(18-19-31,20-21-10-6-4-7-11-21)25-24(22-12-14-23(30)15-13-22)37(34,35)32-29(25)16-8-5-9-17-29/h4,6-7,10-15,32H,5,8-9,16-20,31H2,1-3H3. The molecule has 1 aliphatic carbocycles. The highest BCUT2D eigenvalue weighted by molar-refractivity contribution is 7.99. The molecule has 2 aromatic carbocycles. The van der Waals surface area contributed by atoms with E-state index >= 15 is 0 Å². The van der Waals surface area contributed by atoms with Crippen LogP contribution < -0.4 is 10.5 Å². The number of carbonyl (C=O) groups excluding carboxylic acids is 1. The van der Waals surface area contributed by atoms with E-state index in [2.05, 4.69) is 4.72 Å². The van der Waals surface area contributed by atoms with Crippen molar-refractivity contribution in [2.75, 3.05) is 6.54 Å². The summed E-state index contributed by atoms with van der Waals surface area (Å²) in [7, 11) is -4.02. The van der Waals surface area contributed by atoms with E-state index in [1.807, 2.05) is 30.3 Å². The minimum absolute atomic E-state index is 0.0460. The average Bonchev–Trinajstić information content (AvgIpc) is 3.05. The lowest BCUT2D eigenvalue weighted by atomic mass is 9.61. The smallest absolute Gasteiger partial charge is 0.317 e. The third-order valence-electron chi connectivity index (χ3n) is 7.31. The number of halogens is 1. The van der Waals surface area contributed by atoms with Gasteiger partial charge in [0.1, 0.15) is 11.4 Å². The quantitative estimate of drug-likeness (QED) is 0.488. The van der Waals surface area contributed by atoms with Crippen molar-refractivity contribution in [3.63, 3.8) is 0 Å². The van der Waals surface area contributed by atoms with Crippen LogP contribution in [0.25, 0.3) is 4.91 Å². The second-order valence-corrected chi connectivity index (χ2v) is 12.9. The van der Waals surface area contributed by atoms with Gasteiger partial charge in [0.05, 0.1) is 15.9 Å². The number of sulfonamides is 1. The van der Waals surface area contributed by atoms with Gasteiger partial charge in [-0.1, -0.05) is 61.7 Å². The number of nitrogens with two attached hydrogens (primary N) is 1. The molecule has 1 aliphatic heterocycles. The van der Waals surface area contributed by atoms with Crippen molar-refractivity contribution < 1.29 is 22.3 Å². The second kappa shape index (κ2) is 10.3. The van der Waals surface area contributed by atoms with E-state index in [0.29, 0.717) is 24.0 Å². The van der Waals surface area contributed by atoms with E-state index in [9.17, 15) is 17.6 Å². The molecular weight excluding hydrogens is 491 g/mol. The number of hydrogen-bond donors (Lipinski definition) is 2. The van der Waals surface area contributed by atoms with Gasteiger partial charge in [-0.15, -0.1) is 0 Å². The van der Waals surface area contributed by atoms with Crippen molar-refractivity contribution in [2.24, 2.45) is 11.1 Å². The predicted molar refractivity (Wildman–Crippen MR) is 143 cm³/mol. The van der Waals surface area contributed by atoms with Crippen molar-refractivity contribution in [3.8, 4) is 0 Å². The minimum Gasteiger partial charge on any atom is -0.459 e. The fourth-order valence-corrected chi connectivity index (χ4v) is 7.97. The summed E-state index contributed by atoms with van der Waals surface area (Å²) in [6.45, 7) is 5.56. The van der Waals surface area contributed by atoms with E-state index < -0.39 is 38.4 Å². The molecule has 8 heteroatoms. The third kappa shape index (κ3) is 5.52. The Morgan fingerprint density at radius 1 is 1.03 bits per heavy atom. The van der Waals surface area contributed by atoms with Gasteiger partial charge in [-0.05, 0) is 81.8 Å². The van der Waals surface area contributed by atoms with Crippen LogP contribution >= 0.6 is 0 Å². The summed E-state index contributed by atoms with van der Waals surface area (Å²) < 4.78 is 50.7. The Kier molecular flexibility index (Phi) is 7.66. The molecule has 0 radical (unpaired) electrons. The van der Waals surface area contributed by atoms with Crippen molar-refractivity contribution in [3.05, 3.63) is 77.1 Å². The Labute approximate surface area is 219 Å². The number of rotatable bonds is 7. The lowest BCUT2D eigenvalue weighted by Crippen LogP contribution is -2.53. The highest BCUT2D eigenvalue weighted by Crippen LogP contribution is 2.55. The van der Waals surface area contributed by atoms with Gasteiger partial charge >= 0.3 is 5.97 Å². The van der Waals surface area contributed by atoms with Crippen molar-refractivity contribution >= 4 is 20.9 Å². The summed E-state index contributed by atoms with van der Waals surface area (Å²) in [5, 5.41) is 0. The fourth-order valence-electron chi connectivity index (χ4n) is 5.94. The Bertz CT molecular complexity index is 1260. The molecule has 1 spiro atoms. The van der Waals surface area contributed by atoms with Gasteiger partial charge in [0.15, 0.2) is 0 Å². The molecule has 0 bridgehead atoms. The molecule has 3 N–H and O–H groups in total. The first kappa shape index (κ1) is 27.5. The van der Waals surface area contributed by atoms with Crippen LogP contribution in [0.4, 0.5) is 4.39 Å². The summed E-state index contributed by atoms with van der Waals surface area (Å²) >= 11 is 0. The molecule has 2 aliphatic rings. The van der Waals surface area contributed by atoms with Gasteiger partial charge in [-0.3, -0.25) is 4.79 Å². The summed E-state index contributed by atoms with van der Waals surface area (Å²) in [4.78, 5) is 14.4. The fraction of sp³-hybridized carbons (Fsp3) is 0.483. The zero-order valence-electron chi connectivity index (χ0n) is 21.8. The van der Waals surface area contributed by atoms with Crippen LogP contribution in [0.15, 0.2) is 60.2 Å². The number of ether oxygens (including phenoxy) is 1. The monoisotopic (exact) mass is 528 g/mol. The number of carbonyl (C=O) groups is 1. The maximum Gasteiger partial charge on any atom is 0.317 e. The van der Waals surface area contributed by atoms with Gasteiger partial charge in [-0.25, -0.2) is 17.5 Å². The first-order valence-corrected chi connectivity index (χ1v) is 14.4. The molecule has 1 heterocycles. The molecular formula is C29H37FN2O4S. The van der Waals surface area contributed by atoms with Crippen molar-refractivity contribution in [1.29, 1.82) is 0 Å². The molecule has 2 aromatic rings. The van der Waals surface area contributed by atoms with Crippen molar-refractivity contribution in [2.45, 2.75) is 76.9 Å². The lowest BCUT2D eigenvalue weighted by Gasteiger charge is -2.45. The second-order valence-electron chi connectivity index (χ2n) is 11.2. The maximum absolute atomic E-state index is 14.3. The molecule has 1 atom stereocenters. The number of nitrogens with one attached hydrogen (secondary N) is 1. The van der Waals surface area contributed by atoms with Crippen LogP contribution in [0.1, 0.15) is 70.4 Å². The lowest BCUT2D eigenvalue weighted by molar-refractivity contribution is -0.166. The van der Waals surface area contributed by atoms with E-state index in [-0.39, 0.29) is 24.3 Å². The first-order chi connectivity index (χ1) is 17.4. The van der Waals surface area contributed by atoms with Crippen LogP contribution in [-0.4, -0.2) is 32.1 Å². The zero-order chi connectivity index (χ0) is 26.9. The predicted octanol–water partition coefficient (Wildman–Crippen LogP) is 5.09. The van der Waals surface area contributed by atoms with E-state index in [4.69, 9.17) is 10.5 Å². The molecule has 1 unspecified atom stereocenters. The van der Waals surface area contributed by atoms with Crippen LogP contribution in [-0.2, 0) is 26.0 Å². The Balaban J connectivity index is 2.09. The van der Waals surface area contributed by atoms with Gasteiger partial charge in [0.25, 0.3) is 0 Å². The minimum atomic E-state index is -4.02. The normalized spacial score (nSPS) is 20.6. The number of benzene rings is 2. The summed E-state index contributed by atoms with van der Waals surface area (Å²) in [5.74, 6) is -0.959. The first-order valence-electron chi connectivity index (χ1n) is 13.0. The zero-order valence-corrected chi connectivity index (χ0v) is 22.7. The Morgan fingerprint density at radius 3 is 2.22 bits per heavy atom. The molecule has 1 fully saturated rings. The van der Waals surface area contributed by atoms with E-state index in [1.54, 1.807) is 20.8 Å². The van der Waals surface area contributed by atoms with E-state index in [0.717, 1.165) is 24.8 Å². The van der Waals surface area contributed by atoms with Crippen LogP contribution in [0.3, 0.4) is 0 Å². The van der Waals surface area contributed by atoms with Gasteiger partial charge in [0.2, 0.25) is 10.0 Å². The van der Waals surface area contributed by atoms with Gasteiger partial charge in [0, 0.05) is 0 Å². The third-order valence-corrected chi connectivity index (χ3v) is 8.94. The molecule has 0 saturated heterocycles. The molecule has 4 rings (SSSR count). The Hall–Kier alpha value is -2.55. The molecule has 0 aromatic heterocycles. The Morgan fingerprint density at radius 2 is 1.65 bits per heavy atom. The summed E-state index contributed by atoms with van der Waals surface area (Å²) in [6.07, 6.45) is 4.20. The van der Waals surface area contributed by atoms with Crippen molar-refractivity contribution in [1.82, 2.24) is 4.72 Å². The topological polar surface area (TPSA) is 98.5 Å². The largest absolute Gasteiger partial charge is 0.459 e. The SMILES string of the molecule is CC(C)(C)OC(=O)C(CCN)(Cc1ccccc1)C1=C(c2ccc(F)cc2)S(=O)(=O)NC12CCCCC2.